The molecule has 0 aliphatic carbocycles. The standard InChI is InChI=1S/C11H18O2/c1-5-7-8-10(12)11(9(3)4)13-6-2/h9,11H,6,8H2,1-4H3. The minimum Gasteiger partial charge on any atom is -0.370 e. The highest BCUT2D eigenvalue weighted by molar-refractivity contribution is 5.85. The third-order valence-corrected chi connectivity index (χ3v) is 1.71. The molecule has 0 aromatic carbocycles. The zero-order valence-electron chi connectivity index (χ0n) is 8.89. The molecular weight excluding hydrogens is 164 g/mol. The van der Waals surface area contributed by atoms with E-state index in [1.165, 1.54) is 0 Å². The van der Waals surface area contributed by atoms with E-state index in [-0.39, 0.29) is 17.8 Å². The summed E-state index contributed by atoms with van der Waals surface area (Å²) in [7, 11) is 0. The van der Waals surface area contributed by atoms with Crippen molar-refractivity contribution in [1.82, 2.24) is 0 Å². The molecule has 2 heteroatoms. The Hall–Kier alpha value is -0.810. The molecule has 0 aromatic rings. The van der Waals surface area contributed by atoms with Gasteiger partial charge < -0.3 is 4.74 Å². The molecule has 0 radical (unpaired) electrons. The first-order valence-electron chi connectivity index (χ1n) is 4.67. The van der Waals surface area contributed by atoms with Crippen LogP contribution >= 0.6 is 0 Å². The van der Waals surface area contributed by atoms with Gasteiger partial charge in [0.1, 0.15) is 6.10 Å². The van der Waals surface area contributed by atoms with Gasteiger partial charge in [-0.05, 0) is 19.8 Å². The second-order valence-electron chi connectivity index (χ2n) is 3.19. The van der Waals surface area contributed by atoms with Gasteiger partial charge in [0.15, 0.2) is 5.78 Å². The van der Waals surface area contributed by atoms with Gasteiger partial charge in [-0.1, -0.05) is 19.8 Å². The lowest BCUT2D eigenvalue weighted by Crippen LogP contribution is -2.29. The Balaban J connectivity index is 4.16. The lowest BCUT2D eigenvalue weighted by Gasteiger charge is -2.18. The van der Waals surface area contributed by atoms with Crippen LogP contribution in [0.1, 0.15) is 34.1 Å². The molecule has 1 atom stereocenters. The molecule has 0 aliphatic heterocycles. The molecule has 0 saturated heterocycles. The predicted molar refractivity (Wildman–Crippen MR) is 53.3 cm³/mol. The van der Waals surface area contributed by atoms with Crippen LogP contribution in [-0.4, -0.2) is 18.5 Å². The Kier molecular flexibility index (Phi) is 6.26. The molecule has 74 valence electrons. The van der Waals surface area contributed by atoms with Gasteiger partial charge in [-0.3, -0.25) is 4.79 Å². The second-order valence-corrected chi connectivity index (χ2v) is 3.19. The molecule has 0 fully saturated rings. The molecule has 1 unspecified atom stereocenters. The third-order valence-electron chi connectivity index (χ3n) is 1.71. The highest BCUT2D eigenvalue weighted by Crippen LogP contribution is 2.09. The van der Waals surface area contributed by atoms with Crippen LogP contribution in [0.5, 0.6) is 0 Å². The summed E-state index contributed by atoms with van der Waals surface area (Å²) in [6.07, 6.45) is 0.0187. The normalized spacial score (nSPS) is 12.1. The molecule has 0 rings (SSSR count). The summed E-state index contributed by atoms with van der Waals surface area (Å²) in [4.78, 5) is 11.5. The van der Waals surface area contributed by atoms with Crippen molar-refractivity contribution in [3.63, 3.8) is 0 Å². The summed E-state index contributed by atoms with van der Waals surface area (Å²) in [5.74, 6) is 5.79. The first-order valence-corrected chi connectivity index (χ1v) is 4.67. The maximum Gasteiger partial charge on any atom is 0.173 e. The summed E-state index contributed by atoms with van der Waals surface area (Å²) >= 11 is 0. The predicted octanol–water partition coefficient (Wildman–Crippen LogP) is 2.03. The van der Waals surface area contributed by atoms with Gasteiger partial charge in [0, 0.05) is 6.61 Å². The average Bonchev–Trinajstić information content (AvgIpc) is 2.09. The Morgan fingerprint density at radius 1 is 1.46 bits per heavy atom. The van der Waals surface area contributed by atoms with Crippen LogP contribution in [0, 0.1) is 17.8 Å². The van der Waals surface area contributed by atoms with Crippen molar-refractivity contribution in [2.45, 2.75) is 40.2 Å². The van der Waals surface area contributed by atoms with Gasteiger partial charge in [0.25, 0.3) is 0 Å². The van der Waals surface area contributed by atoms with Crippen molar-refractivity contribution in [3.8, 4) is 11.8 Å². The largest absolute Gasteiger partial charge is 0.370 e. The molecule has 0 N–H and O–H groups in total. The van der Waals surface area contributed by atoms with Crippen LogP contribution in [0.2, 0.25) is 0 Å². The number of ketones is 1. The fourth-order valence-corrected chi connectivity index (χ4v) is 1.11. The maximum absolute atomic E-state index is 11.5. The smallest absolute Gasteiger partial charge is 0.173 e. The highest BCUT2D eigenvalue weighted by atomic mass is 16.5. The fourth-order valence-electron chi connectivity index (χ4n) is 1.11. The van der Waals surface area contributed by atoms with Crippen LogP contribution in [0.15, 0.2) is 0 Å². The Labute approximate surface area is 80.7 Å². The summed E-state index contributed by atoms with van der Waals surface area (Å²) in [6.45, 7) is 8.18. The van der Waals surface area contributed by atoms with Gasteiger partial charge >= 0.3 is 0 Å². The average molecular weight is 182 g/mol. The zero-order valence-corrected chi connectivity index (χ0v) is 8.89. The van der Waals surface area contributed by atoms with Gasteiger partial charge in [-0.15, -0.1) is 5.92 Å². The molecule has 0 heterocycles. The van der Waals surface area contributed by atoms with Gasteiger partial charge in [0.2, 0.25) is 0 Å². The third kappa shape index (κ3) is 4.69. The van der Waals surface area contributed by atoms with Crippen LogP contribution in [0.3, 0.4) is 0 Å². The van der Waals surface area contributed by atoms with Gasteiger partial charge in [-0.2, -0.15) is 0 Å². The van der Waals surface area contributed by atoms with Crippen molar-refractivity contribution in [3.05, 3.63) is 0 Å². The van der Waals surface area contributed by atoms with Crippen LogP contribution < -0.4 is 0 Å². The number of Topliss-reactive ketones (excluding diaryl/α,β-unsaturated/α-hetero) is 1. The molecule has 0 amide bonds. The summed E-state index contributed by atoms with van der Waals surface area (Å²) in [6, 6.07) is 0. The highest BCUT2D eigenvalue weighted by Gasteiger charge is 2.20. The van der Waals surface area contributed by atoms with Crippen molar-refractivity contribution in [2.75, 3.05) is 6.61 Å². The van der Waals surface area contributed by atoms with E-state index in [0.29, 0.717) is 13.0 Å². The maximum atomic E-state index is 11.5. The van der Waals surface area contributed by atoms with Crippen molar-refractivity contribution in [2.24, 2.45) is 5.92 Å². The quantitative estimate of drug-likeness (QED) is 0.608. The van der Waals surface area contributed by atoms with E-state index in [2.05, 4.69) is 11.8 Å². The summed E-state index contributed by atoms with van der Waals surface area (Å²) < 4.78 is 5.34. The molecular formula is C11H18O2. The fraction of sp³-hybridized carbons (Fsp3) is 0.727. The van der Waals surface area contributed by atoms with Crippen molar-refractivity contribution >= 4 is 5.78 Å². The van der Waals surface area contributed by atoms with E-state index < -0.39 is 0 Å². The lowest BCUT2D eigenvalue weighted by atomic mass is 10.0. The number of ether oxygens (including phenoxy) is 1. The van der Waals surface area contributed by atoms with Crippen molar-refractivity contribution < 1.29 is 9.53 Å². The Bertz CT molecular complexity index is 208. The van der Waals surface area contributed by atoms with E-state index in [0.717, 1.165) is 0 Å². The zero-order chi connectivity index (χ0) is 10.3. The molecule has 0 aromatic heterocycles. The number of rotatable bonds is 5. The van der Waals surface area contributed by atoms with E-state index in [1.807, 2.05) is 20.8 Å². The number of hydrogen-bond acceptors (Lipinski definition) is 2. The molecule has 0 spiro atoms. The van der Waals surface area contributed by atoms with Crippen molar-refractivity contribution in [1.29, 1.82) is 0 Å². The molecule has 0 aliphatic rings. The molecule has 0 saturated carbocycles. The molecule has 0 bridgehead atoms. The van der Waals surface area contributed by atoms with E-state index in [9.17, 15) is 4.79 Å². The number of carbonyl (C=O) groups excluding carboxylic acids is 1. The second kappa shape index (κ2) is 6.68. The molecule has 2 nitrogen and oxygen atoms in total. The number of hydrogen-bond donors (Lipinski definition) is 0. The van der Waals surface area contributed by atoms with E-state index >= 15 is 0 Å². The van der Waals surface area contributed by atoms with E-state index in [1.54, 1.807) is 6.92 Å². The lowest BCUT2D eigenvalue weighted by molar-refractivity contribution is -0.131. The van der Waals surface area contributed by atoms with Crippen LogP contribution in [-0.2, 0) is 9.53 Å². The first kappa shape index (κ1) is 12.2. The minimum atomic E-state index is -0.286. The summed E-state index contributed by atoms with van der Waals surface area (Å²) in [5.41, 5.74) is 0. The minimum absolute atomic E-state index is 0.0891. The Morgan fingerprint density at radius 2 is 2.08 bits per heavy atom. The van der Waals surface area contributed by atoms with Crippen LogP contribution in [0.4, 0.5) is 0 Å². The number of carbonyl (C=O) groups is 1. The Morgan fingerprint density at radius 3 is 2.46 bits per heavy atom. The van der Waals surface area contributed by atoms with E-state index in [4.69, 9.17) is 4.74 Å². The monoisotopic (exact) mass is 182 g/mol. The molecule has 13 heavy (non-hydrogen) atoms. The van der Waals surface area contributed by atoms with Gasteiger partial charge in [-0.25, -0.2) is 0 Å². The van der Waals surface area contributed by atoms with Crippen LogP contribution in [0.25, 0.3) is 0 Å². The first-order chi connectivity index (χ1) is 6.13. The summed E-state index contributed by atoms with van der Waals surface area (Å²) in [5, 5.41) is 0. The topological polar surface area (TPSA) is 26.3 Å². The van der Waals surface area contributed by atoms with Gasteiger partial charge in [0.05, 0.1) is 6.42 Å². The SMILES string of the molecule is CC#CCC(=O)C(OCC)C(C)C.